The molecule has 0 saturated carbocycles. The Labute approximate surface area is 126 Å². The molecule has 0 radical (unpaired) electrons. The summed E-state index contributed by atoms with van der Waals surface area (Å²) in [4.78, 5) is 16.3. The van der Waals surface area contributed by atoms with E-state index in [1.54, 1.807) is 6.08 Å². The van der Waals surface area contributed by atoms with Crippen LogP contribution in [0.5, 0.6) is 0 Å². The lowest BCUT2D eigenvalue weighted by molar-refractivity contribution is -0.127. The van der Waals surface area contributed by atoms with Crippen LogP contribution in [0.2, 0.25) is 0 Å². The standard InChI is InChI=1S/C17H34N2O/c1-7-10-13-17(4,8-2)15-19(9-3)16(20)12-11-14-18(5)6/h11-12H,7-10,13-15H2,1-6H3/b12-11+. The molecule has 0 heterocycles. The second kappa shape index (κ2) is 9.98. The zero-order chi connectivity index (χ0) is 15.6. The molecule has 3 heteroatoms. The molecule has 0 aromatic heterocycles. The Bertz CT molecular complexity index is 299. The molecule has 0 aliphatic carbocycles. The Morgan fingerprint density at radius 3 is 2.30 bits per heavy atom. The number of rotatable bonds is 10. The van der Waals surface area contributed by atoms with E-state index >= 15 is 0 Å². The van der Waals surface area contributed by atoms with Gasteiger partial charge in [0.1, 0.15) is 0 Å². The molecule has 0 bridgehead atoms. The van der Waals surface area contributed by atoms with E-state index in [-0.39, 0.29) is 11.3 Å². The first-order valence-corrected chi connectivity index (χ1v) is 7.98. The van der Waals surface area contributed by atoms with Gasteiger partial charge in [-0.25, -0.2) is 0 Å². The van der Waals surface area contributed by atoms with Gasteiger partial charge in [-0.05, 0) is 39.3 Å². The molecule has 118 valence electrons. The van der Waals surface area contributed by atoms with Gasteiger partial charge in [0, 0.05) is 25.7 Å². The first-order chi connectivity index (χ1) is 9.38. The van der Waals surface area contributed by atoms with E-state index in [2.05, 4.69) is 32.6 Å². The second-order valence-electron chi connectivity index (χ2n) is 6.28. The third kappa shape index (κ3) is 7.68. The van der Waals surface area contributed by atoms with Gasteiger partial charge in [0.15, 0.2) is 0 Å². The average molecular weight is 282 g/mol. The van der Waals surface area contributed by atoms with Crippen molar-refractivity contribution in [2.24, 2.45) is 5.41 Å². The van der Waals surface area contributed by atoms with Crippen LogP contribution < -0.4 is 0 Å². The van der Waals surface area contributed by atoms with Gasteiger partial charge in [0.05, 0.1) is 0 Å². The number of hydrogen-bond acceptors (Lipinski definition) is 2. The summed E-state index contributed by atoms with van der Waals surface area (Å²) < 4.78 is 0. The zero-order valence-electron chi connectivity index (χ0n) is 14.4. The number of amides is 1. The third-order valence-electron chi connectivity index (χ3n) is 3.98. The van der Waals surface area contributed by atoms with Gasteiger partial charge in [-0.1, -0.05) is 39.7 Å². The second-order valence-corrected chi connectivity index (χ2v) is 6.28. The van der Waals surface area contributed by atoms with E-state index in [0.717, 1.165) is 26.1 Å². The first-order valence-electron chi connectivity index (χ1n) is 7.98. The first kappa shape index (κ1) is 19.2. The topological polar surface area (TPSA) is 23.6 Å². The molecule has 0 fully saturated rings. The molecular weight excluding hydrogens is 248 g/mol. The molecule has 0 rings (SSSR count). The molecule has 1 atom stereocenters. The molecule has 1 amide bonds. The smallest absolute Gasteiger partial charge is 0.246 e. The van der Waals surface area contributed by atoms with Gasteiger partial charge in [-0.15, -0.1) is 0 Å². The summed E-state index contributed by atoms with van der Waals surface area (Å²) in [6.07, 6.45) is 8.45. The number of likely N-dealkylation sites (N-methyl/N-ethyl adjacent to an activating group) is 2. The van der Waals surface area contributed by atoms with Crippen molar-refractivity contribution in [1.82, 2.24) is 9.80 Å². The highest BCUT2D eigenvalue weighted by Gasteiger charge is 2.25. The number of nitrogens with zero attached hydrogens (tertiary/aromatic N) is 2. The predicted octanol–water partition coefficient (Wildman–Crippen LogP) is 3.56. The van der Waals surface area contributed by atoms with Crippen molar-refractivity contribution in [3.63, 3.8) is 0 Å². The fraction of sp³-hybridized carbons (Fsp3) is 0.824. The minimum atomic E-state index is 0.144. The van der Waals surface area contributed by atoms with Crippen molar-refractivity contribution in [3.8, 4) is 0 Å². The summed E-state index contributed by atoms with van der Waals surface area (Å²) >= 11 is 0. The quantitative estimate of drug-likeness (QED) is 0.572. The number of hydrogen-bond donors (Lipinski definition) is 0. The maximum atomic E-state index is 12.2. The van der Waals surface area contributed by atoms with Gasteiger partial charge >= 0.3 is 0 Å². The van der Waals surface area contributed by atoms with Crippen molar-refractivity contribution in [1.29, 1.82) is 0 Å². The number of unbranched alkanes of at least 4 members (excludes halogenated alkanes) is 1. The number of carbonyl (C=O) groups is 1. The Kier molecular flexibility index (Phi) is 9.56. The maximum absolute atomic E-state index is 12.2. The van der Waals surface area contributed by atoms with Gasteiger partial charge in [0.25, 0.3) is 0 Å². The van der Waals surface area contributed by atoms with Crippen molar-refractivity contribution in [2.45, 2.75) is 53.4 Å². The summed E-state index contributed by atoms with van der Waals surface area (Å²) in [6.45, 7) is 11.3. The van der Waals surface area contributed by atoms with Gasteiger partial charge in [-0.3, -0.25) is 4.79 Å². The molecule has 20 heavy (non-hydrogen) atoms. The highest BCUT2D eigenvalue weighted by molar-refractivity contribution is 5.87. The lowest BCUT2D eigenvalue weighted by atomic mass is 9.81. The fourth-order valence-corrected chi connectivity index (χ4v) is 2.25. The van der Waals surface area contributed by atoms with Crippen molar-refractivity contribution in [2.75, 3.05) is 33.7 Å². The maximum Gasteiger partial charge on any atom is 0.246 e. The largest absolute Gasteiger partial charge is 0.339 e. The lowest BCUT2D eigenvalue weighted by Crippen LogP contribution is -2.39. The Balaban J connectivity index is 4.57. The molecule has 0 saturated heterocycles. The molecule has 0 aliphatic rings. The van der Waals surface area contributed by atoms with E-state index in [1.165, 1.54) is 19.3 Å². The summed E-state index contributed by atoms with van der Waals surface area (Å²) in [5.41, 5.74) is 0.247. The highest BCUT2D eigenvalue weighted by atomic mass is 16.2. The van der Waals surface area contributed by atoms with Crippen LogP contribution in [0.3, 0.4) is 0 Å². The highest BCUT2D eigenvalue weighted by Crippen LogP contribution is 2.29. The summed E-state index contributed by atoms with van der Waals surface area (Å²) in [7, 11) is 4.01. The summed E-state index contributed by atoms with van der Waals surface area (Å²) in [5, 5.41) is 0. The predicted molar refractivity (Wildman–Crippen MR) is 87.9 cm³/mol. The van der Waals surface area contributed by atoms with Gasteiger partial charge in [0.2, 0.25) is 5.91 Å². The third-order valence-corrected chi connectivity index (χ3v) is 3.98. The Morgan fingerprint density at radius 2 is 1.85 bits per heavy atom. The normalized spacial score (nSPS) is 14.8. The zero-order valence-corrected chi connectivity index (χ0v) is 14.4. The minimum Gasteiger partial charge on any atom is -0.339 e. The van der Waals surface area contributed by atoms with E-state index in [9.17, 15) is 4.79 Å². The molecule has 1 unspecified atom stereocenters. The monoisotopic (exact) mass is 282 g/mol. The molecular formula is C17H34N2O. The Morgan fingerprint density at radius 1 is 1.20 bits per heavy atom. The van der Waals surface area contributed by atoms with Crippen LogP contribution in [-0.2, 0) is 4.79 Å². The Hall–Kier alpha value is -0.830. The van der Waals surface area contributed by atoms with Crippen LogP contribution in [0.4, 0.5) is 0 Å². The molecule has 0 aliphatic heterocycles. The molecule has 3 nitrogen and oxygen atoms in total. The molecule has 0 N–H and O–H groups in total. The molecule has 0 aromatic rings. The van der Waals surface area contributed by atoms with Crippen LogP contribution in [0.25, 0.3) is 0 Å². The molecule has 0 spiro atoms. The summed E-state index contributed by atoms with van der Waals surface area (Å²) in [6, 6.07) is 0. The SMILES string of the molecule is CCCCC(C)(CC)CN(CC)C(=O)/C=C/CN(C)C. The van der Waals surface area contributed by atoms with E-state index in [1.807, 2.05) is 25.1 Å². The summed E-state index contributed by atoms with van der Waals surface area (Å²) in [5.74, 6) is 0.144. The van der Waals surface area contributed by atoms with Crippen LogP contribution in [0.1, 0.15) is 53.4 Å². The van der Waals surface area contributed by atoms with Crippen molar-refractivity contribution >= 4 is 5.91 Å². The van der Waals surface area contributed by atoms with E-state index in [4.69, 9.17) is 0 Å². The van der Waals surface area contributed by atoms with Crippen molar-refractivity contribution in [3.05, 3.63) is 12.2 Å². The fourth-order valence-electron chi connectivity index (χ4n) is 2.25. The lowest BCUT2D eigenvalue weighted by Gasteiger charge is -2.34. The van der Waals surface area contributed by atoms with E-state index in [0.29, 0.717) is 0 Å². The van der Waals surface area contributed by atoms with Crippen molar-refractivity contribution < 1.29 is 4.79 Å². The number of carbonyl (C=O) groups excluding carboxylic acids is 1. The van der Waals surface area contributed by atoms with Crippen LogP contribution >= 0.6 is 0 Å². The van der Waals surface area contributed by atoms with Crippen LogP contribution in [-0.4, -0.2) is 49.4 Å². The average Bonchev–Trinajstić information content (AvgIpc) is 2.42. The van der Waals surface area contributed by atoms with E-state index < -0.39 is 0 Å². The minimum absolute atomic E-state index is 0.144. The van der Waals surface area contributed by atoms with Gasteiger partial charge in [-0.2, -0.15) is 0 Å². The van der Waals surface area contributed by atoms with Crippen LogP contribution in [0.15, 0.2) is 12.2 Å². The molecule has 0 aromatic carbocycles. The van der Waals surface area contributed by atoms with Crippen LogP contribution in [0, 0.1) is 5.41 Å². The van der Waals surface area contributed by atoms with Gasteiger partial charge < -0.3 is 9.80 Å².